The number of carbonyl (C=O) groups excluding carboxylic acids is 3. The van der Waals surface area contributed by atoms with Gasteiger partial charge in [0.15, 0.2) is 0 Å². The number of rotatable bonds is 6. The number of hydrogen-bond acceptors (Lipinski definition) is 5. The molecule has 1 aromatic heterocycles. The molecule has 152 valence electrons. The standard InChI is InChI=1S/C22H18FN3O4/c1-30-22(29)17-9-14(13-25-20(27)16-3-2-4-18(23)11-16)10-19(12-17)26-21(28)15-5-7-24-8-6-15/h2-12H,13H2,1H3,(H,25,27)(H,26,28). The molecule has 30 heavy (non-hydrogen) atoms. The van der Waals surface area contributed by atoms with Crippen molar-refractivity contribution in [2.24, 2.45) is 0 Å². The zero-order valence-corrected chi connectivity index (χ0v) is 16.0. The Morgan fingerprint density at radius 1 is 0.933 bits per heavy atom. The van der Waals surface area contributed by atoms with Crippen LogP contribution in [-0.2, 0) is 11.3 Å². The van der Waals surface area contributed by atoms with Gasteiger partial charge in [-0.15, -0.1) is 0 Å². The van der Waals surface area contributed by atoms with Crippen molar-refractivity contribution < 1.29 is 23.5 Å². The van der Waals surface area contributed by atoms with Gasteiger partial charge < -0.3 is 15.4 Å². The number of aromatic nitrogens is 1. The van der Waals surface area contributed by atoms with Crippen LogP contribution in [0.5, 0.6) is 0 Å². The zero-order chi connectivity index (χ0) is 21.5. The van der Waals surface area contributed by atoms with E-state index in [1.54, 1.807) is 24.3 Å². The summed E-state index contributed by atoms with van der Waals surface area (Å²) in [7, 11) is 1.25. The normalized spacial score (nSPS) is 10.2. The van der Waals surface area contributed by atoms with E-state index in [1.165, 1.54) is 43.8 Å². The van der Waals surface area contributed by atoms with Crippen LogP contribution in [-0.4, -0.2) is 29.9 Å². The monoisotopic (exact) mass is 407 g/mol. The van der Waals surface area contributed by atoms with Gasteiger partial charge in [-0.05, 0) is 54.1 Å². The fourth-order valence-electron chi connectivity index (χ4n) is 2.72. The molecule has 0 fully saturated rings. The average molecular weight is 407 g/mol. The number of methoxy groups -OCH3 is 1. The molecule has 2 amide bonds. The lowest BCUT2D eigenvalue weighted by Crippen LogP contribution is -2.23. The van der Waals surface area contributed by atoms with Crippen molar-refractivity contribution in [3.63, 3.8) is 0 Å². The molecule has 0 radical (unpaired) electrons. The first kappa shape index (κ1) is 20.7. The number of esters is 1. The van der Waals surface area contributed by atoms with E-state index in [0.717, 1.165) is 6.07 Å². The highest BCUT2D eigenvalue weighted by Gasteiger charge is 2.13. The van der Waals surface area contributed by atoms with Gasteiger partial charge in [-0.1, -0.05) is 6.07 Å². The van der Waals surface area contributed by atoms with Crippen molar-refractivity contribution in [3.8, 4) is 0 Å². The topological polar surface area (TPSA) is 97.4 Å². The quantitative estimate of drug-likeness (QED) is 0.612. The van der Waals surface area contributed by atoms with Crippen LogP contribution in [0.15, 0.2) is 67.0 Å². The van der Waals surface area contributed by atoms with Crippen LogP contribution >= 0.6 is 0 Å². The summed E-state index contributed by atoms with van der Waals surface area (Å²) in [6, 6.07) is 13.0. The lowest BCUT2D eigenvalue weighted by molar-refractivity contribution is 0.0600. The third-order valence-electron chi connectivity index (χ3n) is 4.15. The Hall–Kier alpha value is -4.07. The van der Waals surface area contributed by atoms with Crippen molar-refractivity contribution >= 4 is 23.5 Å². The van der Waals surface area contributed by atoms with Gasteiger partial charge in [0.2, 0.25) is 0 Å². The summed E-state index contributed by atoms with van der Waals surface area (Å²) in [5.74, 6) is -1.96. The molecule has 0 bridgehead atoms. The second-order valence-corrected chi connectivity index (χ2v) is 6.29. The number of ether oxygens (including phenoxy) is 1. The Morgan fingerprint density at radius 2 is 1.70 bits per heavy atom. The lowest BCUT2D eigenvalue weighted by atomic mass is 10.1. The summed E-state index contributed by atoms with van der Waals surface area (Å²) < 4.78 is 18.1. The van der Waals surface area contributed by atoms with Crippen molar-refractivity contribution in [1.29, 1.82) is 0 Å². The molecule has 2 aromatic carbocycles. The highest BCUT2D eigenvalue weighted by Crippen LogP contribution is 2.17. The second-order valence-electron chi connectivity index (χ2n) is 6.29. The summed E-state index contributed by atoms with van der Waals surface area (Å²) in [6.07, 6.45) is 2.99. The Morgan fingerprint density at radius 3 is 2.40 bits per heavy atom. The summed E-state index contributed by atoms with van der Waals surface area (Å²) >= 11 is 0. The summed E-state index contributed by atoms with van der Waals surface area (Å²) in [5, 5.41) is 5.37. The molecule has 0 atom stereocenters. The molecular formula is C22H18FN3O4. The maximum Gasteiger partial charge on any atom is 0.337 e. The van der Waals surface area contributed by atoms with Gasteiger partial charge in [0, 0.05) is 35.8 Å². The Balaban J connectivity index is 1.79. The van der Waals surface area contributed by atoms with Gasteiger partial charge in [0.05, 0.1) is 12.7 Å². The average Bonchev–Trinajstić information content (AvgIpc) is 2.77. The number of benzene rings is 2. The van der Waals surface area contributed by atoms with Crippen LogP contribution in [0.1, 0.15) is 36.6 Å². The van der Waals surface area contributed by atoms with Gasteiger partial charge in [-0.2, -0.15) is 0 Å². The van der Waals surface area contributed by atoms with Gasteiger partial charge in [0.1, 0.15) is 5.82 Å². The predicted octanol–water partition coefficient (Wildman–Crippen LogP) is 3.19. The maximum atomic E-state index is 13.3. The zero-order valence-electron chi connectivity index (χ0n) is 16.0. The molecule has 8 heteroatoms. The van der Waals surface area contributed by atoms with Crippen molar-refractivity contribution in [2.75, 3.05) is 12.4 Å². The van der Waals surface area contributed by atoms with Crippen LogP contribution in [0.2, 0.25) is 0 Å². The molecule has 0 aliphatic carbocycles. The molecule has 7 nitrogen and oxygen atoms in total. The van der Waals surface area contributed by atoms with Gasteiger partial charge in [-0.3, -0.25) is 14.6 Å². The summed E-state index contributed by atoms with van der Waals surface area (Å²) in [6.45, 7) is 0.0539. The third kappa shape index (κ3) is 5.26. The Kier molecular flexibility index (Phi) is 6.49. The van der Waals surface area contributed by atoms with E-state index in [2.05, 4.69) is 15.6 Å². The van der Waals surface area contributed by atoms with Crippen LogP contribution in [0.4, 0.5) is 10.1 Å². The van der Waals surface area contributed by atoms with Crippen molar-refractivity contribution in [2.45, 2.75) is 6.54 Å². The molecule has 2 N–H and O–H groups in total. The fraction of sp³-hybridized carbons (Fsp3) is 0.0909. The van der Waals surface area contributed by atoms with Gasteiger partial charge in [0.25, 0.3) is 11.8 Å². The molecule has 0 aliphatic heterocycles. The maximum absolute atomic E-state index is 13.3. The Labute approximate surface area is 171 Å². The van der Waals surface area contributed by atoms with E-state index >= 15 is 0 Å². The van der Waals surface area contributed by atoms with E-state index in [1.807, 2.05) is 0 Å². The number of anilines is 1. The fourth-order valence-corrected chi connectivity index (χ4v) is 2.72. The number of halogens is 1. The number of nitrogens with zero attached hydrogens (tertiary/aromatic N) is 1. The van der Waals surface area contributed by atoms with Crippen molar-refractivity contribution in [1.82, 2.24) is 10.3 Å². The third-order valence-corrected chi connectivity index (χ3v) is 4.15. The molecule has 3 aromatic rings. The molecular weight excluding hydrogens is 389 g/mol. The van der Waals surface area contributed by atoms with E-state index < -0.39 is 17.7 Å². The van der Waals surface area contributed by atoms with Crippen LogP contribution in [0, 0.1) is 5.82 Å². The minimum atomic E-state index is -0.590. The molecule has 0 saturated carbocycles. The molecule has 3 rings (SSSR count). The highest BCUT2D eigenvalue weighted by atomic mass is 19.1. The van der Waals surface area contributed by atoms with E-state index in [0.29, 0.717) is 16.8 Å². The number of hydrogen-bond donors (Lipinski definition) is 2. The summed E-state index contributed by atoms with van der Waals surface area (Å²) in [5.41, 5.74) is 1.68. The number of amides is 2. The first-order valence-electron chi connectivity index (χ1n) is 8.93. The lowest BCUT2D eigenvalue weighted by Gasteiger charge is -2.11. The molecule has 0 spiro atoms. The van der Waals surface area contributed by atoms with E-state index in [4.69, 9.17) is 4.74 Å². The first-order valence-corrected chi connectivity index (χ1v) is 8.93. The van der Waals surface area contributed by atoms with Crippen LogP contribution in [0.25, 0.3) is 0 Å². The van der Waals surface area contributed by atoms with Crippen LogP contribution < -0.4 is 10.6 Å². The van der Waals surface area contributed by atoms with Gasteiger partial charge in [-0.25, -0.2) is 9.18 Å². The SMILES string of the molecule is COC(=O)c1cc(CNC(=O)c2cccc(F)c2)cc(NC(=O)c2ccncc2)c1. The molecule has 0 aliphatic rings. The minimum Gasteiger partial charge on any atom is -0.465 e. The number of nitrogens with one attached hydrogen (secondary N) is 2. The highest BCUT2D eigenvalue weighted by molar-refractivity contribution is 6.04. The first-order chi connectivity index (χ1) is 14.5. The van der Waals surface area contributed by atoms with Crippen LogP contribution in [0.3, 0.4) is 0 Å². The second kappa shape index (κ2) is 9.42. The molecule has 0 unspecified atom stereocenters. The minimum absolute atomic E-state index is 0.0539. The summed E-state index contributed by atoms with van der Waals surface area (Å²) in [4.78, 5) is 40.5. The van der Waals surface area contributed by atoms with Gasteiger partial charge >= 0.3 is 5.97 Å². The largest absolute Gasteiger partial charge is 0.465 e. The molecule has 0 saturated heterocycles. The predicted molar refractivity (Wildman–Crippen MR) is 108 cm³/mol. The van der Waals surface area contributed by atoms with E-state index in [-0.39, 0.29) is 23.6 Å². The Bertz CT molecular complexity index is 1090. The van der Waals surface area contributed by atoms with E-state index in [9.17, 15) is 18.8 Å². The number of pyridine rings is 1. The molecule has 1 heterocycles. The van der Waals surface area contributed by atoms with Crippen molar-refractivity contribution in [3.05, 3.63) is 95.1 Å². The number of carbonyl (C=O) groups is 3. The smallest absolute Gasteiger partial charge is 0.337 e.